The van der Waals surface area contributed by atoms with Gasteiger partial charge in [-0.15, -0.1) is 0 Å². The molecule has 0 aliphatic heterocycles. The molecule has 0 unspecified atom stereocenters. The van der Waals surface area contributed by atoms with E-state index in [2.05, 4.69) is 15.5 Å². The number of aromatic nitrogens is 1. The molecular formula is C27H29N2O+. The first-order chi connectivity index (χ1) is 14.9. The molecule has 3 heteroatoms. The average Bonchev–Trinajstić information content (AvgIpc) is 3.07. The molecule has 0 saturated heterocycles. The molecule has 0 N–H and O–H groups in total. The quantitative estimate of drug-likeness (QED) is 0.259. The molecule has 3 nitrogen and oxygen atoms in total. The van der Waals surface area contributed by atoms with Gasteiger partial charge in [-0.1, -0.05) is 45.0 Å². The molecule has 2 aromatic heterocycles. The summed E-state index contributed by atoms with van der Waals surface area (Å²) in [6.45, 7) is 19.4. The summed E-state index contributed by atoms with van der Waals surface area (Å²) in [5.74, 6) is 0. The van der Waals surface area contributed by atoms with Gasteiger partial charge in [-0.3, -0.25) is 0 Å². The maximum atomic E-state index is 8.83. The van der Waals surface area contributed by atoms with E-state index in [1.165, 1.54) is 0 Å². The highest BCUT2D eigenvalue weighted by Gasteiger charge is 2.24. The van der Waals surface area contributed by atoms with E-state index in [-0.39, 0.29) is 0 Å². The predicted molar refractivity (Wildman–Crippen MR) is 124 cm³/mol. The highest BCUT2D eigenvalue weighted by atomic mass is 16.3. The summed E-state index contributed by atoms with van der Waals surface area (Å²) in [4.78, 5) is 3.72. The van der Waals surface area contributed by atoms with E-state index in [4.69, 9.17) is 13.7 Å². The Morgan fingerprint density at radius 3 is 2.27 bits per heavy atom. The van der Waals surface area contributed by atoms with E-state index in [9.17, 15) is 0 Å². The summed E-state index contributed by atoms with van der Waals surface area (Å²) in [5.41, 5.74) is 6.73. The maximum Gasteiger partial charge on any atom is 0.232 e. The van der Waals surface area contributed by atoms with Gasteiger partial charge >= 0.3 is 0 Å². The minimum atomic E-state index is -1.51. The summed E-state index contributed by atoms with van der Waals surface area (Å²) in [7, 11) is 2.00. The lowest BCUT2D eigenvalue weighted by molar-refractivity contribution is -0.666. The van der Waals surface area contributed by atoms with Crippen molar-refractivity contribution < 1.29 is 11.7 Å². The highest BCUT2D eigenvalue weighted by molar-refractivity contribution is 6.13. The van der Waals surface area contributed by atoms with Crippen molar-refractivity contribution in [1.29, 1.82) is 0 Å². The van der Waals surface area contributed by atoms with Gasteiger partial charge in [0.2, 0.25) is 11.4 Å². The third kappa shape index (κ3) is 3.27. The van der Waals surface area contributed by atoms with Crippen LogP contribution in [0.4, 0.5) is 5.69 Å². The third-order valence-electron chi connectivity index (χ3n) is 5.63. The summed E-state index contributed by atoms with van der Waals surface area (Å²) in [5, 5.41) is 1.89. The molecule has 152 valence electrons. The van der Waals surface area contributed by atoms with Crippen LogP contribution in [0, 0.1) is 32.8 Å². The second kappa shape index (κ2) is 6.99. The molecule has 4 rings (SSSR count). The monoisotopic (exact) mass is 399 g/mol. The molecule has 0 atom stereocenters. The molecular weight excluding hydrogens is 368 g/mol. The van der Waals surface area contributed by atoms with Gasteiger partial charge in [-0.05, 0) is 42.3 Å². The van der Waals surface area contributed by atoms with Crippen LogP contribution in [0.2, 0.25) is 0 Å². The van der Waals surface area contributed by atoms with Crippen LogP contribution in [0.25, 0.3) is 38.0 Å². The lowest BCUT2D eigenvalue weighted by Gasteiger charge is -2.18. The highest BCUT2D eigenvalue weighted by Crippen LogP contribution is 2.41. The van der Waals surface area contributed by atoms with Crippen molar-refractivity contribution >= 4 is 27.6 Å². The molecule has 30 heavy (non-hydrogen) atoms. The van der Waals surface area contributed by atoms with Gasteiger partial charge in [-0.25, -0.2) is 4.85 Å². The molecule has 2 heterocycles. The molecule has 4 aromatic rings. The zero-order valence-corrected chi connectivity index (χ0v) is 18.8. The van der Waals surface area contributed by atoms with Crippen molar-refractivity contribution in [2.45, 2.75) is 47.9 Å². The molecule has 0 aliphatic carbocycles. The molecule has 0 fully saturated rings. The number of benzene rings is 2. The Morgan fingerprint density at radius 2 is 1.63 bits per heavy atom. The fraction of sp³-hybridized carbons (Fsp3) is 0.333. The number of hydrogen-bond acceptors (Lipinski definition) is 1. The van der Waals surface area contributed by atoms with Crippen LogP contribution >= 0.6 is 0 Å². The van der Waals surface area contributed by atoms with Gasteiger partial charge < -0.3 is 4.42 Å². The van der Waals surface area contributed by atoms with Crippen LogP contribution in [0.15, 0.2) is 40.8 Å². The van der Waals surface area contributed by atoms with E-state index in [0.717, 1.165) is 44.4 Å². The number of nitrogens with zero attached hydrogens (tertiary/aromatic N) is 2. The average molecular weight is 400 g/mol. The fourth-order valence-electron chi connectivity index (χ4n) is 4.09. The Morgan fingerprint density at radius 1 is 1.00 bits per heavy atom. The second-order valence-corrected chi connectivity index (χ2v) is 9.16. The summed E-state index contributed by atoms with van der Waals surface area (Å²) in [6, 6.07) is 12.0. The number of rotatable bonds is 2. The predicted octanol–water partition coefficient (Wildman–Crippen LogP) is 7.14. The SMILES string of the molecule is [2H]C([2H])(c1cc(C)[n+](C)c(-c2c(C)ccc3c2oc2c([N+]#[C-])c(C)ccc23)c1)C(C)(C)C. The topological polar surface area (TPSA) is 21.4 Å². The summed E-state index contributed by atoms with van der Waals surface area (Å²) >= 11 is 0. The van der Waals surface area contributed by atoms with Crippen LogP contribution in [0.5, 0.6) is 0 Å². The lowest BCUT2D eigenvalue weighted by atomic mass is 9.87. The fourth-order valence-corrected chi connectivity index (χ4v) is 4.09. The van der Waals surface area contributed by atoms with Crippen molar-refractivity contribution in [1.82, 2.24) is 0 Å². The zero-order valence-electron chi connectivity index (χ0n) is 20.8. The van der Waals surface area contributed by atoms with Gasteiger partial charge in [0, 0.05) is 32.6 Å². The van der Waals surface area contributed by atoms with Crippen LogP contribution < -0.4 is 4.57 Å². The number of pyridine rings is 1. The van der Waals surface area contributed by atoms with Gasteiger partial charge in [0.15, 0.2) is 5.69 Å². The van der Waals surface area contributed by atoms with E-state index in [1.807, 2.05) is 78.9 Å². The maximum absolute atomic E-state index is 8.83. The third-order valence-corrected chi connectivity index (χ3v) is 5.63. The van der Waals surface area contributed by atoms with Crippen molar-refractivity contribution in [3.05, 3.63) is 70.2 Å². The van der Waals surface area contributed by atoms with Crippen molar-refractivity contribution in [3.63, 3.8) is 0 Å². The van der Waals surface area contributed by atoms with Gasteiger partial charge in [0.1, 0.15) is 18.2 Å². The molecule has 0 amide bonds. The first kappa shape index (κ1) is 17.7. The van der Waals surface area contributed by atoms with E-state index in [0.29, 0.717) is 16.8 Å². The Kier molecular flexibility index (Phi) is 4.13. The molecule has 0 bridgehead atoms. The first-order valence-electron chi connectivity index (χ1n) is 11.2. The number of fused-ring (bicyclic) bond motifs is 3. The number of furan rings is 1. The molecule has 0 spiro atoms. The molecule has 0 radical (unpaired) electrons. The van der Waals surface area contributed by atoms with E-state index >= 15 is 0 Å². The zero-order chi connectivity index (χ0) is 23.6. The van der Waals surface area contributed by atoms with E-state index < -0.39 is 11.8 Å². The second-order valence-electron chi connectivity index (χ2n) is 9.16. The van der Waals surface area contributed by atoms with Crippen molar-refractivity contribution in [2.24, 2.45) is 12.5 Å². The summed E-state index contributed by atoms with van der Waals surface area (Å²) < 4.78 is 26.1. The van der Waals surface area contributed by atoms with Crippen LogP contribution in [0.3, 0.4) is 0 Å². The molecule has 0 aliphatic rings. The number of hydrogen-bond donors (Lipinski definition) is 0. The largest absolute Gasteiger partial charge is 0.466 e. The van der Waals surface area contributed by atoms with Gasteiger partial charge in [0.05, 0.1) is 12.1 Å². The Labute approximate surface area is 181 Å². The first-order valence-corrected chi connectivity index (χ1v) is 10.2. The van der Waals surface area contributed by atoms with Crippen LogP contribution in [0.1, 0.15) is 45.9 Å². The summed E-state index contributed by atoms with van der Waals surface area (Å²) in [6.07, 6.45) is -1.51. The molecule has 2 aromatic carbocycles. The number of aryl methyl sites for hydroxylation is 3. The Bertz CT molecular complexity index is 1430. The van der Waals surface area contributed by atoms with Crippen molar-refractivity contribution in [3.8, 4) is 11.3 Å². The minimum absolute atomic E-state index is 0.542. The normalized spacial score (nSPS) is 13.4. The van der Waals surface area contributed by atoms with Crippen LogP contribution in [-0.2, 0) is 13.4 Å². The standard InChI is InChI=1S/C27H29N2O/c1-16-9-11-20-21-12-10-17(2)24(28-7)26(21)30-25(20)23(16)22-14-19(15-27(4,5)6)13-18(3)29(22)8/h9-14H,15H2,1-6,8H3/q+1/i15D2. The molecule has 0 saturated carbocycles. The lowest BCUT2D eigenvalue weighted by Crippen LogP contribution is -2.35. The van der Waals surface area contributed by atoms with Gasteiger partial charge in [0.25, 0.3) is 0 Å². The smallest absolute Gasteiger partial charge is 0.232 e. The Hall–Kier alpha value is -3.12. The minimum Gasteiger partial charge on any atom is -0.466 e. The Balaban J connectivity index is 2.12. The van der Waals surface area contributed by atoms with Crippen LogP contribution in [-0.4, -0.2) is 0 Å². The van der Waals surface area contributed by atoms with Crippen molar-refractivity contribution in [2.75, 3.05) is 0 Å². The van der Waals surface area contributed by atoms with Gasteiger partial charge in [-0.2, -0.15) is 4.57 Å². The van der Waals surface area contributed by atoms with E-state index in [1.54, 1.807) is 0 Å².